The van der Waals surface area contributed by atoms with Crippen LogP contribution >= 0.6 is 0 Å². The van der Waals surface area contributed by atoms with Crippen LogP contribution in [0, 0.1) is 5.92 Å². The molecule has 0 saturated heterocycles. The Morgan fingerprint density at radius 3 is 2.64 bits per heavy atom. The van der Waals surface area contributed by atoms with Gasteiger partial charge in [-0.2, -0.15) is 0 Å². The standard InChI is InChI=1S/C9H20N2O2S/c1-8-4-3-5-9(6-8,7-10)11-14(2,12)13/h8,11H,3-7,10H2,1-2H3. The van der Waals surface area contributed by atoms with Crippen molar-refractivity contribution < 1.29 is 8.42 Å². The molecule has 1 saturated carbocycles. The SMILES string of the molecule is CC1CCCC(CN)(NS(C)(=O)=O)C1. The molecule has 0 aromatic heterocycles. The van der Waals surface area contributed by atoms with E-state index in [1.165, 1.54) is 12.7 Å². The predicted octanol–water partition coefficient (Wildman–Crippen LogP) is 0.443. The molecule has 0 heterocycles. The molecule has 1 aliphatic rings. The Morgan fingerprint density at radius 1 is 1.57 bits per heavy atom. The highest BCUT2D eigenvalue weighted by Gasteiger charge is 2.35. The summed E-state index contributed by atoms with van der Waals surface area (Å²) in [6.45, 7) is 2.54. The summed E-state index contributed by atoms with van der Waals surface area (Å²) in [4.78, 5) is 0. The molecule has 0 amide bonds. The van der Waals surface area contributed by atoms with Crippen molar-refractivity contribution in [1.82, 2.24) is 4.72 Å². The van der Waals surface area contributed by atoms with Crippen LogP contribution in [0.1, 0.15) is 32.6 Å². The van der Waals surface area contributed by atoms with Crippen LogP contribution in [0.15, 0.2) is 0 Å². The molecule has 3 N–H and O–H groups in total. The van der Waals surface area contributed by atoms with Crippen molar-refractivity contribution in [2.24, 2.45) is 11.7 Å². The van der Waals surface area contributed by atoms with Crippen molar-refractivity contribution in [3.63, 3.8) is 0 Å². The number of nitrogens with two attached hydrogens (primary N) is 1. The van der Waals surface area contributed by atoms with Crippen LogP contribution in [0.2, 0.25) is 0 Å². The van der Waals surface area contributed by atoms with Gasteiger partial charge in [-0.25, -0.2) is 13.1 Å². The number of hydrogen-bond donors (Lipinski definition) is 2. The quantitative estimate of drug-likeness (QED) is 0.725. The molecule has 0 aliphatic heterocycles. The van der Waals surface area contributed by atoms with E-state index in [2.05, 4.69) is 11.6 Å². The minimum absolute atomic E-state index is 0.384. The van der Waals surface area contributed by atoms with E-state index in [-0.39, 0.29) is 5.54 Å². The normalized spacial score (nSPS) is 34.4. The zero-order chi connectivity index (χ0) is 10.8. The van der Waals surface area contributed by atoms with Gasteiger partial charge in [0.05, 0.1) is 6.26 Å². The average Bonchev–Trinajstić information content (AvgIpc) is 2.01. The lowest BCUT2D eigenvalue weighted by molar-refractivity contribution is 0.223. The Labute approximate surface area is 86.3 Å². The van der Waals surface area contributed by atoms with Crippen LogP contribution in [0.5, 0.6) is 0 Å². The zero-order valence-corrected chi connectivity index (χ0v) is 9.73. The van der Waals surface area contributed by atoms with Crippen LogP contribution in [-0.4, -0.2) is 26.8 Å². The summed E-state index contributed by atoms with van der Waals surface area (Å²) in [6, 6.07) is 0. The average molecular weight is 220 g/mol. The fraction of sp³-hybridized carbons (Fsp3) is 1.00. The van der Waals surface area contributed by atoms with Gasteiger partial charge in [-0.1, -0.05) is 19.8 Å². The number of rotatable bonds is 3. The molecular weight excluding hydrogens is 200 g/mol. The smallest absolute Gasteiger partial charge is 0.209 e. The monoisotopic (exact) mass is 220 g/mol. The summed E-state index contributed by atoms with van der Waals surface area (Å²) in [6.07, 6.45) is 5.15. The van der Waals surface area contributed by atoms with Crippen molar-refractivity contribution in [2.45, 2.75) is 38.1 Å². The van der Waals surface area contributed by atoms with Gasteiger partial charge in [-0.05, 0) is 18.8 Å². The molecule has 2 atom stereocenters. The molecular formula is C9H20N2O2S. The maximum atomic E-state index is 11.2. The second kappa shape index (κ2) is 4.16. The number of sulfonamides is 1. The third-order valence-corrected chi connectivity index (χ3v) is 3.69. The molecule has 0 aromatic carbocycles. The number of hydrogen-bond acceptors (Lipinski definition) is 3. The molecule has 84 valence electrons. The van der Waals surface area contributed by atoms with Gasteiger partial charge in [-0.3, -0.25) is 0 Å². The van der Waals surface area contributed by atoms with Gasteiger partial charge in [0, 0.05) is 12.1 Å². The molecule has 0 radical (unpaired) electrons. The fourth-order valence-electron chi connectivity index (χ4n) is 2.37. The summed E-state index contributed by atoms with van der Waals surface area (Å²) in [5.74, 6) is 0.557. The third kappa shape index (κ3) is 3.22. The van der Waals surface area contributed by atoms with E-state index in [0.717, 1.165) is 19.3 Å². The first-order valence-electron chi connectivity index (χ1n) is 5.06. The van der Waals surface area contributed by atoms with Gasteiger partial charge >= 0.3 is 0 Å². The summed E-state index contributed by atoms with van der Waals surface area (Å²) < 4.78 is 25.1. The van der Waals surface area contributed by atoms with Crippen LogP contribution in [-0.2, 0) is 10.0 Å². The first-order chi connectivity index (χ1) is 6.37. The Hall–Kier alpha value is -0.130. The van der Waals surface area contributed by atoms with Crippen molar-refractivity contribution in [3.05, 3.63) is 0 Å². The van der Waals surface area contributed by atoms with Crippen LogP contribution in [0.4, 0.5) is 0 Å². The van der Waals surface area contributed by atoms with Crippen LogP contribution < -0.4 is 10.5 Å². The molecule has 2 unspecified atom stereocenters. The highest BCUT2D eigenvalue weighted by Crippen LogP contribution is 2.31. The van der Waals surface area contributed by atoms with Gasteiger partial charge in [0.1, 0.15) is 0 Å². The maximum absolute atomic E-state index is 11.2. The highest BCUT2D eigenvalue weighted by molar-refractivity contribution is 7.88. The van der Waals surface area contributed by atoms with E-state index in [1.54, 1.807) is 0 Å². The Morgan fingerprint density at radius 2 is 2.21 bits per heavy atom. The Balaban J connectivity index is 2.75. The molecule has 0 aromatic rings. The first kappa shape index (κ1) is 11.9. The van der Waals surface area contributed by atoms with Crippen LogP contribution in [0.25, 0.3) is 0 Å². The second-order valence-corrected chi connectivity index (χ2v) is 6.31. The fourth-order valence-corrected chi connectivity index (χ4v) is 3.43. The maximum Gasteiger partial charge on any atom is 0.209 e. The Bertz CT molecular complexity index is 289. The minimum Gasteiger partial charge on any atom is -0.329 e. The summed E-state index contributed by atoms with van der Waals surface area (Å²) >= 11 is 0. The van der Waals surface area contributed by atoms with Gasteiger partial charge in [0.25, 0.3) is 0 Å². The van der Waals surface area contributed by atoms with Crippen molar-refractivity contribution >= 4 is 10.0 Å². The predicted molar refractivity (Wildman–Crippen MR) is 57.4 cm³/mol. The van der Waals surface area contributed by atoms with Gasteiger partial charge in [0.2, 0.25) is 10.0 Å². The molecule has 14 heavy (non-hydrogen) atoms. The summed E-state index contributed by atoms with van der Waals surface area (Å²) in [5, 5.41) is 0. The van der Waals surface area contributed by atoms with E-state index in [4.69, 9.17) is 5.73 Å². The van der Waals surface area contributed by atoms with E-state index >= 15 is 0 Å². The topological polar surface area (TPSA) is 72.2 Å². The van der Waals surface area contributed by atoms with E-state index in [0.29, 0.717) is 12.5 Å². The van der Waals surface area contributed by atoms with Crippen molar-refractivity contribution in [1.29, 1.82) is 0 Å². The molecule has 4 nitrogen and oxygen atoms in total. The van der Waals surface area contributed by atoms with Gasteiger partial charge in [0.15, 0.2) is 0 Å². The lowest BCUT2D eigenvalue weighted by Gasteiger charge is -2.39. The lowest BCUT2D eigenvalue weighted by Crippen LogP contribution is -2.55. The third-order valence-electron chi connectivity index (χ3n) is 2.88. The molecule has 0 bridgehead atoms. The summed E-state index contributed by atoms with van der Waals surface area (Å²) in [5.41, 5.74) is 5.30. The molecule has 1 rings (SSSR count). The molecule has 1 aliphatic carbocycles. The van der Waals surface area contributed by atoms with Gasteiger partial charge < -0.3 is 5.73 Å². The van der Waals surface area contributed by atoms with E-state index in [9.17, 15) is 8.42 Å². The second-order valence-electron chi connectivity index (χ2n) is 4.56. The first-order valence-corrected chi connectivity index (χ1v) is 6.95. The van der Waals surface area contributed by atoms with Crippen molar-refractivity contribution in [2.75, 3.05) is 12.8 Å². The Kier molecular flexibility index (Phi) is 3.55. The molecule has 0 spiro atoms. The minimum atomic E-state index is -3.15. The van der Waals surface area contributed by atoms with E-state index in [1.807, 2.05) is 0 Å². The van der Waals surface area contributed by atoms with Crippen LogP contribution in [0.3, 0.4) is 0 Å². The zero-order valence-electron chi connectivity index (χ0n) is 8.91. The van der Waals surface area contributed by atoms with E-state index < -0.39 is 10.0 Å². The van der Waals surface area contributed by atoms with Crippen molar-refractivity contribution in [3.8, 4) is 0 Å². The summed E-state index contributed by atoms with van der Waals surface area (Å²) in [7, 11) is -3.15. The molecule has 1 fully saturated rings. The highest BCUT2D eigenvalue weighted by atomic mass is 32.2. The van der Waals surface area contributed by atoms with Gasteiger partial charge in [-0.15, -0.1) is 0 Å². The largest absolute Gasteiger partial charge is 0.329 e. The number of nitrogens with one attached hydrogen (secondary N) is 1. The molecule has 5 heteroatoms. The lowest BCUT2D eigenvalue weighted by atomic mass is 9.77.